The lowest BCUT2D eigenvalue weighted by Crippen LogP contribution is -2.00. The quantitative estimate of drug-likeness (QED) is 0.732. The van der Waals surface area contributed by atoms with Crippen molar-refractivity contribution in [2.75, 3.05) is 0 Å². The highest BCUT2D eigenvalue weighted by Gasteiger charge is 2.21. The molecule has 1 unspecified atom stereocenters. The lowest BCUT2D eigenvalue weighted by atomic mass is 10.1. The summed E-state index contributed by atoms with van der Waals surface area (Å²) in [5.74, 6) is 0.311. The topological polar surface area (TPSA) is 37.3 Å². The van der Waals surface area contributed by atoms with Crippen molar-refractivity contribution in [2.45, 2.75) is 23.0 Å². The largest absolute Gasteiger partial charge is 0.508 e. The van der Waals surface area contributed by atoms with E-state index in [0.717, 1.165) is 18.3 Å². The van der Waals surface area contributed by atoms with Crippen LogP contribution in [0.2, 0.25) is 0 Å². The number of benzene rings is 1. The van der Waals surface area contributed by atoms with Gasteiger partial charge < -0.3 is 9.90 Å². The van der Waals surface area contributed by atoms with Crippen molar-refractivity contribution in [1.29, 1.82) is 0 Å². The summed E-state index contributed by atoms with van der Waals surface area (Å²) in [6.45, 7) is 0. The molecule has 1 N–H and O–H groups in total. The maximum absolute atomic E-state index is 10.3. The van der Waals surface area contributed by atoms with Crippen LogP contribution in [0.15, 0.2) is 23.1 Å². The lowest BCUT2D eigenvalue weighted by Gasteiger charge is -1.99. The minimum absolute atomic E-state index is 0.311. The van der Waals surface area contributed by atoms with E-state index in [1.54, 1.807) is 23.9 Å². The number of fused-ring (bicyclic) bond motifs is 1. The van der Waals surface area contributed by atoms with E-state index in [1.165, 1.54) is 4.90 Å². The second-order valence-corrected chi connectivity index (χ2v) is 4.48. The molecule has 2 rings (SSSR count). The first-order valence-electron chi connectivity index (χ1n) is 4.22. The Labute approximate surface area is 81.0 Å². The zero-order valence-corrected chi connectivity index (χ0v) is 7.88. The molecule has 3 heteroatoms. The average Bonchev–Trinajstić information content (AvgIpc) is 2.46. The van der Waals surface area contributed by atoms with Crippen LogP contribution in [-0.4, -0.2) is 16.6 Å². The normalized spacial score (nSPS) is 19.8. The number of hydrogen-bond donors (Lipinski definition) is 1. The molecule has 1 aromatic rings. The number of carbonyl (C=O) groups excluding carboxylic acids is 1. The van der Waals surface area contributed by atoms with Crippen molar-refractivity contribution in [2.24, 2.45) is 0 Å². The van der Waals surface area contributed by atoms with Gasteiger partial charge in [0.2, 0.25) is 0 Å². The first kappa shape index (κ1) is 8.63. The Balaban J connectivity index is 2.20. The van der Waals surface area contributed by atoms with Gasteiger partial charge in [-0.3, -0.25) is 0 Å². The smallest absolute Gasteiger partial charge is 0.121 e. The number of hydrogen-bond acceptors (Lipinski definition) is 3. The van der Waals surface area contributed by atoms with Gasteiger partial charge in [-0.2, -0.15) is 0 Å². The third-order valence-corrected chi connectivity index (χ3v) is 3.49. The van der Waals surface area contributed by atoms with Gasteiger partial charge in [-0.25, -0.2) is 0 Å². The number of phenolic OH excluding ortho intramolecular Hbond substituents is 1. The van der Waals surface area contributed by atoms with Crippen LogP contribution >= 0.6 is 11.8 Å². The Bertz CT molecular complexity index is 336. The van der Waals surface area contributed by atoms with E-state index in [2.05, 4.69) is 0 Å². The van der Waals surface area contributed by atoms with Gasteiger partial charge in [-0.15, -0.1) is 11.8 Å². The molecule has 1 aromatic carbocycles. The lowest BCUT2D eigenvalue weighted by molar-refractivity contribution is -0.107. The third kappa shape index (κ3) is 1.70. The van der Waals surface area contributed by atoms with Gasteiger partial charge >= 0.3 is 0 Å². The van der Waals surface area contributed by atoms with Crippen LogP contribution in [0.4, 0.5) is 0 Å². The van der Waals surface area contributed by atoms with Crippen molar-refractivity contribution in [3.05, 3.63) is 23.8 Å². The molecule has 0 aliphatic carbocycles. The van der Waals surface area contributed by atoms with Gasteiger partial charge in [0.15, 0.2) is 0 Å². The van der Waals surface area contributed by atoms with E-state index in [9.17, 15) is 9.90 Å². The molecule has 1 heterocycles. The fraction of sp³-hybridized carbons (Fsp3) is 0.300. The van der Waals surface area contributed by atoms with Crippen molar-refractivity contribution in [3.63, 3.8) is 0 Å². The Morgan fingerprint density at radius 3 is 3.23 bits per heavy atom. The van der Waals surface area contributed by atoms with Gasteiger partial charge in [-0.1, -0.05) is 0 Å². The minimum atomic E-state index is 0.311. The number of phenols is 1. The van der Waals surface area contributed by atoms with E-state index >= 15 is 0 Å². The van der Waals surface area contributed by atoms with E-state index in [1.807, 2.05) is 6.07 Å². The first-order chi connectivity index (χ1) is 6.29. The molecule has 68 valence electrons. The summed E-state index contributed by atoms with van der Waals surface area (Å²) in [4.78, 5) is 11.5. The second kappa shape index (κ2) is 3.42. The van der Waals surface area contributed by atoms with E-state index in [0.29, 0.717) is 17.4 Å². The van der Waals surface area contributed by atoms with Crippen LogP contribution in [0.1, 0.15) is 12.0 Å². The molecule has 0 saturated heterocycles. The Hall–Kier alpha value is -0.960. The first-order valence-corrected chi connectivity index (χ1v) is 5.10. The van der Waals surface area contributed by atoms with Gasteiger partial charge in [0.05, 0.1) is 0 Å². The average molecular weight is 194 g/mol. The number of thioether (sulfide) groups is 1. The Morgan fingerprint density at radius 1 is 1.62 bits per heavy atom. The maximum atomic E-state index is 10.3. The molecule has 0 fully saturated rings. The van der Waals surface area contributed by atoms with Crippen LogP contribution in [0.5, 0.6) is 5.75 Å². The van der Waals surface area contributed by atoms with E-state index in [4.69, 9.17) is 0 Å². The summed E-state index contributed by atoms with van der Waals surface area (Å²) in [6, 6.07) is 5.39. The minimum Gasteiger partial charge on any atom is -0.508 e. The molecule has 0 saturated carbocycles. The Morgan fingerprint density at radius 2 is 2.46 bits per heavy atom. The molecule has 1 aliphatic heterocycles. The van der Waals surface area contributed by atoms with E-state index in [-0.39, 0.29) is 0 Å². The third-order valence-electron chi connectivity index (χ3n) is 2.14. The fourth-order valence-electron chi connectivity index (χ4n) is 1.55. The summed E-state index contributed by atoms with van der Waals surface area (Å²) in [6.07, 6.45) is 2.46. The van der Waals surface area contributed by atoms with Gasteiger partial charge in [-0.05, 0) is 30.2 Å². The summed E-state index contributed by atoms with van der Waals surface area (Å²) in [5, 5.41) is 9.60. The molecule has 0 bridgehead atoms. The number of carbonyl (C=O) groups is 1. The molecular formula is C10H10O2S. The zero-order valence-electron chi connectivity index (χ0n) is 7.06. The molecular weight excluding hydrogens is 184 g/mol. The zero-order chi connectivity index (χ0) is 9.26. The molecule has 2 nitrogen and oxygen atoms in total. The highest BCUT2D eigenvalue weighted by atomic mass is 32.2. The number of rotatable bonds is 2. The van der Waals surface area contributed by atoms with Crippen molar-refractivity contribution in [1.82, 2.24) is 0 Å². The standard InChI is InChI=1S/C10H10O2S/c11-4-3-9-6-7-5-8(12)1-2-10(7)13-9/h1-2,4-5,9,12H,3,6H2. The Kier molecular flexibility index (Phi) is 2.27. The molecule has 0 amide bonds. The molecule has 1 atom stereocenters. The van der Waals surface area contributed by atoms with Crippen LogP contribution in [-0.2, 0) is 11.2 Å². The summed E-state index contributed by atoms with van der Waals surface area (Å²) >= 11 is 1.73. The van der Waals surface area contributed by atoms with E-state index < -0.39 is 0 Å². The van der Waals surface area contributed by atoms with Crippen molar-refractivity contribution >= 4 is 18.0 Å². The molecule has 0 aromatic heterocycles. The van der Waals surface area contributed by atoms with Crippen LogP contribution in [0.3, 0.4) is 0 Å². The summed E-state index contributed by atoms with van der Waals surface area (Å²) in [5.41, 5.74) is 1.16. The molecule has 0 radical (unpaired) electrons. The molecule has 1 aliphatic rings. The molecule has 13 heavy (non-hydrogen) atoms. The monoisotopic (exact) mass is 194 g/mol. The van der Waals surface area contributed by atoms with Crippen LogP contribution in [0, 0.1) is 0 Å². The van der Waals surface area contributed by atoms with Crippen LogP contribution in [0.25, 0.3) is 0 Å². The highest BCUT2D eigenvalue weighted by Crippen LogP contribution is 2.39. The van der Waals surface area contributed by atoms with Gasteiger partial charge in [0, 0.05) is 16.6 Å². The SMILES string of the molecule is O=CCC1Cc2cc(O)ccc2S1. The fourth-order valence-corrected chi connectivity index (χ4v) is 2.78. The maximum Gasteiger partial charge on any atom is 0.121 e. The van der Waals surface area contributed by atoms with Crippen molar-refractivity contribution in [3.8, 4) is 5.75 Å². The summed E-state index contributed by atoms with van der Waals surface area (Å²) < 4.78 is 0. The predicted octanol–water partition coefficient (Wildman–Crippen LogP) is 2.00. The predicted molar refractivity (Wildman–Crippen MR) is 52.1 cm³/mol. The van der Waals surface area contributed by atoms with Crippen molar-refractivity contribution < 1.29 is 9.90 Å². The number of aldehydes is 1. The number of aromatic hydroxyl groups is 1. The summed E-state index contributed by atoms with van der Waals surface area (Å²) in [7, 11) is 0. The highest BCUT2D eigenvalue weighted by molar-refractivity contribution is 8.00. The van der Waals surface area contributed by atoms with Crippen LogP contribution < -0.4 is 0 Å². The van der Waals surface area contributed by atoms with Gasteiger partial charge in [0.1, 0.15) is 12.0 Å². The van der Waals surface area contributed by atoms with Gasteiger partial charge in [0.25, 0.3) is 0 Å². The second-order valence-electron chi connectivity index (χ2n) is 3.14. The molecule has 0 spiro atoms.